The number of ether oxygens (including phenoxy) is 1. The van der Waals surface area contributed by atoms with Crippen LogP contribution in [0.4, 0.5) is 13.2 Å². The SMILES string of the molecule is CSC1OC(C(NC(=O)C2CCC(CCCNCC(F)(F)F)CCN2)C(C)Cl)C(O)C(O)C1O. The number of carbonyl (C=O) groups excluding carboxylic acids is 1. The second-order valence-corrected chi connectivity index (χ2v) is 10.7. The van der Waals surface area contributed by atoms with Crippen molar-refractivity contribution in [1.82, 2.24) is 16.0 Å². The predicted octanol–water partition coefficient (Wildman–Crippen LogP) is 0.960. The van der Waals surface area contributed by atoms with E-state index in [-0.39, 0.29) is 5.91 Å². The molecule has 0 spiro atoms. The van der Waals surface area contributed by atoms with Gasteiger partial charge in [-0.15, -0.1) is 23.4 Å². The van der Waals surface area contributed by atoms with E-state index in [1.807, 2.05) is 0 Å². The fourth-order valence-electron chi connectivity index (χ4n) is 4.46. The third-order valence-electron chi connectivity index (χ3n) is 6.41. The Labute approximate surface area is 207 Å². The Kier molecular flexibility index (Phi) is 12.2. The van der Waals surface area contributed by atoms with E-state index in [2.05, 4.69) is 16.0 Å². The van der Waals surface area contributed by atoms with Gasteiger partial charge in [0.15, 0.2) is 0 Å². The number of amides is 1. The highest BCUT2D eigenvalue weighted by Crippen LogP contribution is 2.30. The average molecular weight is 536 g/mol. The lowest BCUT2D eigenvalue weighted by molar-refractivity contribution is -0.205. The summed E-state index contributed by atoms with van der Waals surface area (Å²) < 4.78 is 42.4. The maximum atomic E-state index is 13.0. The van der Waals surface area contributed by atoms with Gasteiger partial charge in [0, 0.05) is 0 Å². The van der Waals surface area contributed by atoms with Crippen molar-refractivity contribution in [2.75, 3.05) is 25.9 Å². The van der Waals surface area contributed by atoms with Gasteiger partial charge in [-0.25, -0.2) is 0 Å². The summed E-state index contributed by atoms with van der Waals surface area (Å²) in [6, 6.07) is -1.29. The van der Waals surface area contributed by atoms with Gasteiger partial charge in [0.1, 0.15) is 29.9 Å². The minimum atomic E-state index is -4.21. The maximum absolute atomic E-state index is 13.0. The van der Waals surface area contributed by atoms with Crippen LogP contribution in [-0.4, -0.2) is 101 Å². The van der Waals surface area contributed by atoms with Crippen molar-refractivity contribution in [1.29, 1.82) is 0 Å². The van der Waals surface area contributed by atoms with Crippen LogP contribution in [0.1, 0.15) is 39.0 Å². The molecule has 6 N–H and O–H groups in total. The summed E-state index contributed by atoms with van der Waals surface area (Å²) in [5.41, 5.74) is -0.777. The first-order valence-corrected chi connectivity index (χ1v) is 13.3. The number of hydrogen-bond donors (Lipinski definition) is 6. The summed E-state index contributed by atoms with van der Waals surface area (Å²) in [4.78, 5) is 13.0. The standard InChI is InChI=1S/C21H37ClF3N3O5S/c1-11(22)14(18-16(30)15(29)17(31)20(33-18)34-2)28-19(32)13-6-5-12(7-9-27-13)4-3-8-26-10-21(23,24)25/h11-18,20,26-27,29-31H,3-10H2,1-2H3,(H,28,32). The molecule has 8 nitrogen and oxygen atoms in total. The van der Waals surface area contributed by atoms with Crippen molar-refractivity contribution in [3.8, 4) is 0 Å². The van der Waals surface area contributed by atoms with E-state index in [0.29, 0.717) is 31.8 Å². The second kappa shape index (κ2) is 13.8. The molecule has 2 fully saturated rings. The number of rotatable bonds is 10. The Morgan fingerprint density at radius 1 is 1.21 bits per heavy atom. The molecule has 34 heavy (non-hydrogen) atoms. The van der Waals surface area contributed by atoms with Crippen LogP contribution in [0.15, 0.2) is 0 Å². The molecule has 0 radical (unpaired) electrons. The fourth-order valence-corrected chi connectivity index (χ4v) is 5.34. The van der Waals surface area contributed by atoms with Crippen LogP contribution in [0.5, 0.6) is 0 Å². The van der Waals surface area contributed by atoms with E-state index in [1.54, 1.807) is 13.2 Å². The summed E-state index contributed by atoms with van der Waals surface area (Å²) in [5, 5.41) is 38.6. The lowest BCUT2D eigenvalue weighted by Gasteiger charge is -2.44. The first-order valence-electron chi connectivity index (χ1n) is 11.6. The summed E-state index contributed by atoms with van der Waals surface area (Å²) in [6.45, 7) is 1.55. The smallest absolute Gasteiger partial charge is 0.388 e. The Morgan fingerprint density at radius 3 is 2.53 bits per heavy atom. The number of nitrogens with one attached hydrogen (secondary N) is 3. The van der Waals surface area contributed by atoms with Crippen LogP contribution in [0.25, 0.3) is 0 Å². The molecule has 2 aliphatic heterocycles. The molecule has 0 aliphatic carbocycles. The van der Waals surface area contributed by atoms with Crippen LogP contribution in [0.3, 0.4) is 0 Å². The summed E-state index contributed by atoms with van der Waals surface area (Å²) >= 11 is 7.49. The number of alkyl halides is 4. The molecule has 9 unspecified atom stereocenters. The Bertz CT molecular complexity index is 635. The third-order valence-corrected chi connectivity index (χ3v) is 7.54. The van der Waals surface area contributed by atoms with Crippen LogP contribution in [-0.2, 0) is 9.53 Å². The Hall–Kier alpha value is -0.340. The van der Waals surface area contributed by atoms with Gasteiger partial charge in [-0.1, -0.05) is 0 Å². The van der Waals surface area contributed by atoms with Gasteiger partial charge in [0.2, 0.25) is 5.91 Å². The van der Waals surface area contributed by atoms with Crippen LogP contribution < -0.4 is 16.0 Å². The van der Waals surface area contributed by atoms with Gasteiger partial charge in [-0.05, 0) is 64.3 Å². The summed E-state index contributed by atoms with van der Waals surface area (Å²) in [7, 11) is 0. The van der Waals surface area contributed by atoms with Gasteiger partial charge in [-0.3, -0.25) is 4.79 Å². The molecule has 2 rings (SSSR count). The molecule has 0 aromatic carbocycles. The zero-order chi connectivity index (χ0) is 25.5. The largest absolute Gasteiger partial charge is 0.401 e. The monoisotopic (exact) mass is 535 g/mol. The quantitative estimate of drug-likeness (QED) is 0.181. The van der Waals surface area contributed by atoms with Crippen molar-refractivity contribution in [3.05, 3.63) is 0 Å². The van der Waals surface area contributed by atoms with Crippen molar-refractivity contribution in [3.63, 3.8) is 0 Å². The number of aliphatic hydroxyl groups excluding tert-OH is 3. The minimum Gasteiger partial charge on any atom is -0.388 e. The van der Waals surface area contributed by atoms with Gasteiger partial charge < -0.3 is 36.0 Å². The highest BCUT2D eigenvalue weighted by Gasteiger charge is 2.48. The van der Waals surface area contributed by atoms with E-state index in [4.69, 9.17) is 16.3 Å². The highest BCUT2D eigenvalue weighted by atomic mass is 35.5. The first kappa shape index (κ1) is 29.9. The lowest BCUT2D eigenvalue weighted by Crippen LogP contribution is -2.65. The summed E-state index contributed by atoms with van der Waals surface area (Å²) in [6.07, 6.45) is -4.11. The molecule has 2 heterocycles. The van der Waals surface area contributed by atoms with Crippen molar-refractivity contribution in [2.24, 2.45) is 5.92 Å². The Morgan fingerprint density at radius 2 is 1.91 bits per heavy atom. The molecule has 2 aliphatic rings. The van der Waals surface area contributed by atoms with Gasteiger partial charge >= 0.3 is 6.18 Å². The molecular weight excluding hydrogens is 499 g/mol. The van der Waals surface area contributed by atoms with Gasteiger partial charge in [0.05, 0.1) is 24.0 Å². The number of thioether (sulfide) groups is 1. The highest BCUT2D eigenvalue weighted by molar-refractivity contribution is 7.99. The van der Waals surface area contributed by atoms with Crippen molar-refractivity contribution < 1.29 is 38.0 Å². The van der Waals surface area contributed by atoms with Crippen LogP contribution in [0.2, 0.25) is 0 Å². The maximum Gasteiger partial charge on any atom is 0.401 e. The van der Waals surface area contributed by atoms with E-state index in [1.165, 1.54) is 11.8 Å². The zero-order valence-electron chi connectivity index (χ0n) is 19.4. The first-order chi connectivity index (χ1) is 15.9. The van der Waals surface area contributed by atoms with Gasteiger partial charge in [-0.2, -0.15) is 13.2 Å². The van der Waals surface area contributed by atoms with E-state index >= 15 is 0 Å². The molecule has 0 aromatic rings. The number of carbonyl (C=O) groups is 1. The normalized spacial score (nSPS) is 34.8. The molecule has 0 aromatic heterocycles. The predicted molar refractivity (Wildman–Crippen MR) is 125 cm³/mol. The third kappa shape index (κ3) is 8.95. The molecule has 0 bridgehead atoms. The number of hydrogen-bond acceptors (Lipinski definition) is 8. The molecule has 9 atom stereocenters. The number of aliphatic hydroxyl groups is 3. The van der Waals surface area contributed by atoms with Crippen molar-refractivity contribution in [2.45, 2.75) is 92.5 Å². The number of halogens is 4. The zero-order valence-corrected chi connectivity index (χ0v) is 21.0. The fraction of sp³-hybridized carbons (Fsp3) is 0.952. The molecule has 0 saturated carbocycles. The molecule has 200 valence electrons. The molecule has 13 heteroatoms. The lowest BCUT2D eigenvalue weighted by atomic mass is 9.92. The van der Waals surface area contributed by atoms with Crippen molar-refractivity contribution >= 4 is 29.3 Å². The van der Waals surface area contributed by atoms with Gasteiger partial charge in [0.25, 0.3) is 0 Å². The topological polar surface area (TPSA) is 123 Å². The molecule has 1 amide bonds. The van der Waals surface area contributed by atoms with Crippen LogP contribution >= 0.6 is 23.4 Å². The molecular formula is C21H37ClF3N3O5S. The van der Waals surface area contributed by atoms with E-state index in [0.717, 1.165) is 19.3 Å². The van der Waals surface area contributed by atoms with E-state index < -0.39 is 60.0 Å². The molecule has 2 saturated heterocycles. The van der Waals surface area contributed by atoms with Crippen LogP contribution in [0, 0.1) is 5.92 Å². The Balaban J connectivity index is 1.87. The second-order valence-electron chi connectivity index (χ2n) is 9.06. The summed E-state index contributed by atoms with van der Waals surface area (Å²) in [5.74, 6) is 0.00492. The minimum absolute atomic E-state index is 0.296. The average Bonchev–Trinajstić information content (AvgIpc) is 3.01. The van der Waals surface area contributed by atoms with E-state index in [9.17, 15) is 33.3 Å².